The number of hydrogen-bond donors (Lipinski definition) is 2. The number of ether oxygens (including phenoxy) is 1. The van der Waals surface area contributed by atoms with Gasteiger partial charge in [0, 0.05) is 0 Å². The first-order chi connectivity index (χ1) is 8.70. The Balaban J connectivity index is 2.16. The quantitative estimate of drug-likeness (QED) is 0.878. The second kappa shape index (κ2) is 5.46. The lowest BCUT2D eigenvalue weighted by Gasteiger charge is -2.09. The molecule has 7 heteroatoms. The topological polar surface area (TPSA) is 90.1 Å². The second-order valence-electron chi connectivity index (χ2n) is 3.33. The van der Waals surface area contributed by atoms with Gasteiger partial charge in [0.15, 0.2) is 0 Å². The molecule has 0 bridgehead atoms. The van der Waals surface area contributed by atoms with E-state index in [1.165, 1.54) is 0 Å². The number of rotatable bonds is 4. The van der Waals surface area contributed by atoms with Gasteiger partial charge < -0.3 is 15.8 Å². The van der Waals surface area contributed by atoms with Crippen molar-refractivity contribution < 1.29 is 9.53 Å². The molecule has 0 fully saturated rings. The Kier molecular flexibility index (Phi) is 3.73. The molecular weight excluding hydrogens is 252 g/mol. The van der Waals surface area contributed by atoms with Gasteiger partial charge in [-0.05, 0) is 19.1 Å². The average Bonchev–Trinajstić information content (AvgIpc) is 2.79. The number of benzene rings is 1. The van der Waals surface area contributed by atoms with Crippen LogP contribution in [0, 0.1) is 0 Å². The summed E-state index contributed by atoms with van der Waals surface area (Å²) in [6.45, 7) is 2.41. The van der Waals surface area contributed by atoms with Gasteiger partial charge >= 0.3 is 0 Å². The molecule has 1 aromatic heterocycles. The van der Waals surface area contributed by atoms with Gasteiger partial charge in [-0.25, -0.2) is 0 Å². The van der Waals surface area contributed by atoms with Crippen molar-refractivity contribution in [2.24, 2.45) is 0 Å². The number of carbonyl (C=O) groups is 1. The van der Waals surface area contributed by atoms with Crippen molar-refractivity contribution in [1.82, 2.24) is 10.2 Å². The number of anilines is 2. The third-order valence-corrected chi connectivity index (χ3v) is 2.82. The van der Waals surface area contributed by atoms with Gasteiger partial charge in [-0.3, -0.25) is 4.79 Å². The van der Waals surface area contributed by atoms with Gasteiger partial charge in [0.1, 0.15) is 5.75 Å². The number of carbonyl (C=O) groups excluding carboxylic acids is 1. The zero-order chi connectivity index (χ0) is 13.0. The van der Waals surface area contributed by atoms with Gasteiger partial charge in [-0.2, -0.15) is 0 Å². The lowest BCUT2D eigenvalue weighted by Crippen LogP contribution is -2.12. The fourth-order valence-corrected chi connectivity index (χ4v) is 1.86. The molecule has 0 aliphatic heterocycles. The molecule has 2 rings (SSSR count). The first-order valence-electron chi connectivity index (χ1n) is 5.33. The summed E-state index contributed by atoms with van der Waals surface area (Å²) in [6, 6.07) is 7.19. The van der Waals surface area contributed by atoms with Crippen molar-refractivity contribution in [3.05, 3.63) is 29.3 Å². The molecule has 1 heterocycles. The monoisotopic (exact) mass is 264 g/mol. The highest BCUT2D eigenvalue weighted by molar-refractivity contribution is 7.16. The van der Waals surface area contributed by atoms with Gasteiger partial charge in [-0.15, -0.1) is 10.2 Å². The molecule has 1 aromatic carbocycles. The Morgan fingerprint density at radius 3 is 2.89 bits per heavy atom. The Bertz CT molecular complexity index is 555. The molecule has 0 saturated heterocycles. The Hall–Kier alpha value is -2.15. The summed E-state index contributed by atoms with van der Waals surface area (Å²) in [5.41, 5.74) is 6.02. The number of amides is 1. The van der Waals surface area contributed by atoms with E-state index in [2.05, 4.69) is 15.5 Å². The van der Waals surface area contributed by atoms with Crippen LogP contribution in [-0.2, 0) is 0 Å². The van der Waals surface area contributed by atoms with Crippen LogP contribution in [-0.4, -0.2) is 22.7 Å². The Labute approximate surface area is 108 Å². The fourth-order valence-electron chi connectivity index (χ4n) is 1.35. The molecule has 3 N–H and O–H groups in total. The molecule has 0 radical (unpaired) electrons. The maximum atomic E-state index is 11.9. The minimum absolute atomic E-state index is 0.221. The van der Waals surface area contributed by atoms with Crippen LogP contribution in [0.25, 0.3) is 0 Å². The second-order valence-corrected chi connectivity index (χ2v) is 4.34. The molecule has 0 unspecified atom stereocenters. The smallest absolute Gasteiger partial charge is 0.286 e. The maximum Gasteiger partial charge on any atom is 0.286 e. The lowest BCUT2D eigenvalue weighted by molar-refractivity contribution is 0.102. The molecule has 0 aliphatic rings. The standard InChI is InChI=1S/C11H12N4O2S/c1-2-17-8-6-4-3-5-7(8)13-9(16)10-14-15-11(12)18-10/h3-6H,2H2,1H3,(H2,12,15)(H,13,16). The van der Waals surface area contributed by atoms with E-state index in [1.54, 1.807) is 12.1 Å². The van der Waals surface area contributed by atoms with Crippen LogP contribution in [0.15, 0.2) is 24.3 Å². The predicted octanol–water partition coefficient (Wildman–Crippen LogP) is 1.77. The van der Waals surface area contributed by atoms with E-state index in [1.807, 2.05) is 19.1 Å². The highest BCUT2D eigenvalue weighted by Gasteiger charge is 2.13. The summed E-state index contributed by atoms with van der Waals surface area (Å²) in [7, 11) is 0. The molecular formula is C11H12N4O2S. The first kappa shape index (κ1) is 12.3. The predicted molar refractivity (Wildman–Crippen MR) is 69.9 cm³/mol. The van der Waals surface area contributed by atoms with Gasteiger partial charge in [-0.1, -0.05) is 23.5 Å². The van der Waals surface area contributed by atoms with Crippen molar-refractivity contribution in [3.8, 4) is 5.75 Å². The zero-order valence-corrected chi connectivity index (χ0v) is 10.5. The molecule has 18 heavy (non-hydrogen) atoms. The largest absolute Gasteiger partial charge is 0.492 e. The number of hydrogen-bond acceptors (Lipinski definition) is 6. The molecule has 0 atom stereocenters. The number of nitrogens with two attached hydrogens (primary N) is 1. The van der Waals surface area contributed by atoms with Crippen LogP contribution in [0.5, 0.6) is 5.75 Å². The van der Waals surface area contributed by atoms with Crippen LogP contribution in [0.3, 0.4) is 0 Å². The van der Waals surface area contributed by atoms with Crippen molar-refractivity contribution in [2.45, 2.75) is 6.92 Å². The number of nitrogen functional groups attached to an aromatic ring is 1. The lowest BCUT2D eigenvalue weighted by atomic mass is 10.3. The van der Waals surface area contributed by atoms with Gasteiger partial charge in [0.25, 0.3) is 5.91 Å². The minimum atomic E-state index is -0.351. The van der Waals surface area contributed by atoms with Gasteiger partial charge in [0.05, 0.1) is 12.3 Å². The first-order valence-corrected chi connectivity index (χ1v) is 6.14. The average molecular weight is 264 g/mol. The fraction of sp³-hybridized carbons (Fsp3) is 0.182. The number of aromatic nitrogens is 2. The van der Waals surface area contributed by atoms with Crippen LogP contribution in [0.1, 0.15) is 16.7 Å². The molecule has 0 aliphatic carbocycles. The molecule has 6 nitrogen and oxygen atoms in total. The molecule has 0 spiro atoms. The van der Waals surface area contributed by atoms with Gasteiger partial charge in [0.2, 0.25) is 10.1 Å². The minimum Gasteiger partial charge on any atom is -0.492 e. The molecule has 2 aromatic rings. The van der Waals surface area contributed by atoms with Crippen molar-refractivity contribution in [3.63, 3.8) is 0 Å². The van der Waals surface area contributed by atoms with Crippen molar-refractivity contribution >= 4 is 28.1 Å². The van der Waals surface area contributed by atoms with Crippen molar-refractivity contribution in [2.75, 3.05) is 17.7 Å². The van der Waals surface area contributed by atoms with E-state index < -0.39 is 0 Å². The third-order valence-electron chi connectivity index (χ3n) is 2.07. The highest BCUT2D eigenvalue weighted by Crippen LogP contribution is 2.24. The van der Waals surface area contributed by atoms with Crippen LogP contribution >= 0.6 is 11.3 Å². The number of para-hydroxylation sites is 2. The summed E-state index contributed by atoms with van der Waals surface area (Å²) in [5, 5.41) is 10.5. The molecule has 1 amide bonds. The summed E-state index contributed by atoms with van der Waals surface area (Å²) in [6.07, 6.45) is 0. The summed E-state index contributed by atoms with van der Waals surface area (Å²) in [4.78, 5) is 11.9. The SMILES string of the molecule is CCOc1ccccc1NC(=O)c1nnc(N)s1. The van der Waals surface area contributed by atoms with Crippen LogP contribution < -0.4 is 15.8 Å². The van der Waals surface area contributed by atoms with Crippen LogP contribution in [0.2, 0.25) is 0 Å². The zero-order valence-electron chi connectivity index (χ0n) is 9.71. The number of nitrogens with one attached hydrogen (secondary N) is 1. The molecule has 94 valence electrons. The normalized spacial score (nSPS) is 10.1. The van der Waals surface area contributed by atoms with E-state index >= 15 is 0 Å². The van der Waals surface area contributed by atoms with E-state index in [-0.39, 0.29) is 16.0 Å². The highest BCUT2D eigenvalue weighted by atomic mass is 32.1. The summed E-state index contributed by atoms with van der Waals surface area (Å²) in [5.74, 6) is 0.266. The Morgan fingerprint density at radius 1 is 1.44 bits per heavy atom. The van der Waals surface area contributed by atoms with E-state index in [4.69, 9.17) is 10.5 Å². The summed E-state index contributed by atoms with van der Waals surface area (Å²) < 4.78 is 5.41. The van der Waals surface area contributed by atoms with Crippen molar-refractivity contribution in [1.29, 1.82) is 0 Å². The van der Waals surface area contributed by atoms with Crippen LogP contribution in [0.4, 0.5) is 10.8 Å². The van der Waals surface area contributed by atoms with E-state index in [9.17, 15) is 4.79 Å². The molecule has 0 saturated carbocycles. The Morgan fingerprint density at radius 2 is 2.22 bits per heavy atom. The maximum absolute atomic E-state index is 11.9. The van der Waals surface area contributed by atoms with E-state index in [0.29, 0.717) is 18.0 Å². The third kappa shape index (κ3) is 2.75. The summed E-state index contributed by atoms with van der Waals surface area (Å²) >= 11 is 1.04. The number of nitrogens with zero attached hydrogens (tertiary/aromatic N) is 2. The van der Waals surface area contributed by atoms with E-state index in [0.717, 1.165) is 11.3 Å².